The summed E-state index contributed by atoms with van der Waals surface area (Å²) in [4.78, 5) is 0. The number of para-hydroxylation sites is 1. The second kappa shape index (κ2) is 6.48. The molecular formula is C16H17F2NO. The van der Waals surface area contributed by atoms with Gasteiger partial charge in [0, 0.05) is 11.6 Å². The van der Waals surface area contributed by atoms with Gasteiger partial charge in [-0.25, -0.2) is 8.78 Å². The summed E-state index contributed by atoms with van der Waals surface area (Å²) in [6, 6.07) is 10.9. The smallest absolute Gasteiger partial charge is 0.132 e. The van der Waals surface area contributed by atoms with Gasteiger partial charge in [-0.2, -0.15) is 0 Å². The molecule has 0 aliphatic rings. The molecule has 2 aromatic carbocycles. The molecule has 0 radical (unpaired) electrons. The fourth-order valence-electron chi connectivity index (χ4n) is 1.96. The first-order valence-electron chi connectivity index (χ1n) is 6.53. The van der Waals surface area contributed by atoms with Crippen molar-refractivity contribution in [2.24, 2.45) is 5.73 Å². The number of ether oxygens (including phenoxy) is 1. The minimum atomic E-state index is -0.609. The fourth-order valence-corrected chi connectivity index (χ4v) is 1.96. The Morgan fingerprint density at radius 3 is 2.35 bits per heavy atom. The van der Waals surface area contributed by atoms with Gasteiger partial charge in [0.1, 0.15) is 24.0 Å². The van der Waals surface area contributed by atoms with Crippen LogP contribution < -0.4 is 10.5 Å². The summed E-state index contributed by atoms with van der Waals surface area (Å²) >= 11 is 0. The van der Waals surface area contributed by atoms with Crippen LogP contribution in [0.1, 0.15) is 30.5 Å². The Balaban J connectivity index is 2.19. The lowest BCUT2D eigenvalue weighted by molar-refractivity contribution is 0.287. The predicted octanol–water partition coefficient (Wildman–Crippen LogP) is 3.95. The first kappa shape index (κ1) is 14.5. The van der Waals surface area contributed by atoms with Crippen LogP contribution in [0.15, 0.2) is 42.5 Å². The highest BCUT2D eigenvalue weighted by molar-refractivity contribution is 5.36. The Bertz CT molecular complexity index is 566. The molecule has 106 valence electrons. The first-order valence-corrected chi connectivity index (χ1v) is 6.53. The molecule has 0 fully saturated rings. The van der Waals surface area contributed by atoms with Crippen molar-refractivity contribution >= 4 is 0 Å². The predicted molar refractivity (Wildman–Crippen MR) is 74.4 cm³/mol. The highest BCUT2D eigenvalue weighted by atomic mass is 19.1. The summed E-state index contributed by atoms with van der Waals surface area (Å²) in [5.41, 5.74) is 6.76. The second-order valence-electron chi connectivity index (χ2n) is 4.54. The van der Waals surface area contributed by atoms with Crippen molar-refractivity contribution < 1.29 is 13.5 Å². The maximum Gasteiger partial charge on any atom is 0.132 e. The van der Waals surface area contributed by atoms with Gasteiger partial charge in [0.15, 0.2) is 0 Å². The summed E-state index contributed by atoms with van der Waals surface area (Å²) in [6.07, 6.45) is 0.758. The van der Waals surface area contributed by atoms with E-state index >= 15 is 0 Å². The van der Waals surface area contributed by atoms with Crippen LogP contribution in [0.25, 0.3) is 0 Å². The van der Waals surface area contributed by atoms with Gasteiger partial charge < -0.3 is 10.5 Å². The molecule has 0 saturated heterocycles. The number of halogens is 2. The zero-order valence-corrected chi connectivity index (χ0v) is 11.3. The lowest BCUT2D eigenvalue weighted by Crippen LogP contribution is -2.11. The molecule has 0 aliphatic heterocycles. The minimum Gasteiger partial charge on any atom is -0.488 e. The van der Waals surface area contributed by atoms with Gasteiger partial charge in [-0.05, 0) is 24.6 Å². The van der Waals surface area contributed by atoms with E-state index in [0.717, 1.165) is 12.0 Å². The number of hydrogen-bond donors (Lipinski definition) is 1. The molecule has 2 N–H and O–H groups in total. The van der Waals surface area contributed by atoms with Crippen LogP contribution >= 0.6 is 0 Å². The molecule has 0 aliphatic carbocycles. The third-order valence-electron chi connectivity index (χ3n) is 3.19. The van der Waals surface area contributed by atoms with Crippen molar-refractivity contribution in [1.82, 2.24) is 0 Å². The minimum absolute atomic E-state index is 0.0765. The van der Waals surface area contributed by atoms with Crippen LogP contribution in [-0.4, -0.2) is 0 Å². The van der Waals surface area contributed by atoms with Crippen LogP contribution in [-0.2, 0) is 6.61 Å². The zero-order chi connectivity index (χ0) is 14.5. The zero-order valence-electron chi connectivity index (χ0n) is 11.3. The highest BCUT2D eigenvalue weighted by Crippen LogP contribution is 2.26. The normalized spacial score (nSPS) is 12.2. The van der Waals surface area contributed by atoms with Gasteiger partial charge >= 0.3 is 0 Å². The second-order valence-corrected chi connectivity index (χ2v) is 4.54. The van der Waals surface area contributed by atoms with E-state index in [1.54, 1.807) is 12.1 Å². The lowest BCUT2D eigenvalue weighted by atomic mass is 10.0. The molecule has 20 heavy (non-hydrogen) atoms. The van der Waals surface area contributed by atoms with Gasteiger partial charge in [-0.15, -0.1) is 0 Å². The summed E-state index contributed by atoms with van der Waals surface area (Å²) in [5.74, 6) is -0.658. The molecule has 0 spiro atoms. The summed E-state index contributed by atoms with van der Waals surface area (Å²) in [7, 11) is 0. The van der Waals surface area contributed by atoms with Crippen molar-refractivity contribution in [3.8, 4) is 5.75 Å². The number of hydrogen-bond acceptors (Lipinski definition) is 2. The van der Waals surface area contributed by atoms with E-state index in [0.29, 0.717) is 5.75 Å². The Hall–Kier alpha value is -1.94. The van der Waals surface area contributed by atoms with Gasteiger partial charge in [-0.1, -0.05) is 31.2 Å². The molecule has 0 bridgehead atoms. The molecular weight excluding hydrogens is 260 g/mol. The van der Waals surface area contributed by atoms with Gasteiger partial charge in [0.2, 0.25) is 0 Å². The van der Waals surface area contributed by atoms with Crippen LogP contribution in [0.4, 0.5) is 8.78 Å². The van der Waals surface area contributed by atoms with Crippen molar-refractivity contribution in [3.63, 3.8) is 0 Å². The third kappa shape index (κ3) is 3.14. The van der Waals surface area contributed by atoms with Crippen molar-refractivity contribution in [2.75, 3.05) is 0 Å². The largest absolute Gasteiger partial charge is 0.488 e. The van der Waals surface area contributed by atoms with E-state index in [9.17, 15) is 8.78 Å². The summed E-state index contributed by atoms with van der Waals surface area (Å²) < 4.78 is 32.6. The van der Waals surface area contributed by atoms with Crippen LogP contribution in [0, 0.1) is 11.6 Å². The average molecular weight is 277 g/mol. The Labute approximate surface area is 117 Å². The highest BCUT2D eigenvalue weighted by Gasteiger charge is 2.13. The van der Waals surface area contributed by atoms with E-state index in [1.165, 1.54) is 18.2 Å². The molecule has 4 heteroatoms. The molecule has 2 nitrogen and oxygen atoms in total. The average Bonchev–Trinajstić information content (AvgIpc) is 2.46. The molecule has 0 aromatic heterocycles. The summed E-state index contributed by atoms with van der Waals surface area (Å²) in [5, 5.41) is 0. The Morgan fingerprint density at radius 2 is 1.70 bits per heavy atom. The van der Waals surface area contributed by atoms with E-state index in [-0.39, 0.29) is 18.2 Å². The SMILES string of the molecule is CCC(N)c1ccccc1OCc1c(F)cccc1F. The van der Waals surface area contributed by atoms with Crippen molar-refractivity contribution in [2.45, 2.75) is 26.0 Å². The molecule has 2 aromatic rings. The lowest BCUT2D eigenvalue weighted by Gasteiger charge is -2.16. The monoisotopic (exact) mass is 277 g/mol. The van der Waals surface area contributed by atoms with Gasteiger partial charge in [-0.3, -0.25) is 0 Å². The standard InChI is InChI=1S/C16H17F2NO/c1-2-15(19)11-6-3-4-9-16(11)20-10-12-13(17)7-5-8-14(12)18/h3-9,15H,2,10,19H2,1H3. The van der Waals surface area contributed by atoms with Crippen LogP contribution in [0.5, 0.6) is 5.75 Å². The molecule has 2 rings (SSSR count). The van der Waals surface area contributed by atoms with Crippen molar-refractivity contribution in [1.29, 1.82) is 0 Å². The fraction of sp³-hybridized carbons (Fsp3) is 0.250. The number of nitrogens with two attached hydrogens (primary N) is 1. The Kier molecular flexibility index (Phi) is 4.69. The van der Waals surface area contributed by atoms with Gasteiger partial charge in [0.25, 0.3) is 0 Å². The van der Waals surface area contributed by atoms with Crippen LogP contribution in [0.2, 0.25) is 0 Å². The van der Waals surface area contributed by atoms with E-state index in [2.05, 4.69) is 0 Å². The molecule has 1 unspecified atom stereocenters. The van der Waals surface area contributed by atoms with E-state index in [4.69, 9.17) is 10.5 Å². The molecule has 0 amide bonds. The summed E-state index contributed by atoms with van der Waals surface area (Å²) in [6.45, 7) is 1.81. The molecule has 0 heterocycles. The number of benzene rings is 2. The van der Waals surface area contributed by atoms with Gasteiger partial charge in [0.05, 0.1) is 5.56 Å². The van der Waals surface area contributed by atoms with E-state index in [1.807, 2.05) is 19.1 Å². The topological polar surface area (TPSA) is 35.2 Å². The first-order chi connectivity index (χ1) is 9.63. The molecule has 1 atom stereocenters. The third-order valence-corrected chi connectivity index (χ3v) is 3.19. The molecule has 0 saturated carbocycles. The maximum atomic E-state index is 13.5. The van der Waals surface area contributed by atoms with Crippen LogP contribution in [0.3, 0.4) is 0 Å². The van der Waals surface area contributed by atoms with Crippen molar-refractivity contribution in [3.05, 3.63) is 65.2 Å². The quantitative estimate of drug-likeness (QED) is 0.898. The van der Waals surface area contributed by atoms with E-state index < -0.39 is 11.6 Å². The Morgan fingerprint density at radius 1 is 1.05 bits per heavy atom. The number of rotatable bonds is 5. The maximum absolute atomic E-state index is 13.5.